The zero-order valence-corrected chi connectivity index (χ0v) is 13.8. The lowest BCUT2D eigenvalue weighted by Gasteiger charge is -2.25. The highest BCUT2D eigenvalue weighted by molar-refractivity contribution is 7.99. The minimum absolute atomic E-state index is 0.00561. The molecule has 1 fully saturated rings. The number of hydrogen-bond acceptors (Lipinski definition) is 2. The largest absolute Gasteiger partial charge is 0.322 e. The van der Waals surface area contributed by atoms with Crippen LogP contribution in [-0.4, -0.2) is 23.1 Å². The molecule has 0 unspecified atom stereocenters. The molecule has 1 heterocycles. The van der Waals surface area contributed by atoms with E-state index in [1.54, 1.807) is 17.8 Å². The summed E-state index contributed by atoms with van der Waals surface area (Å²) < 4.78 is 13.6. The Bertz CT molecular complexity index is 906. The molecule has 2 nitrogen and oxygen atoms in total. The first kappa shape index (κ1) is 15.2. The zero-order chi connectivity index (χ0) is 16.5. The van der Waals surface area contributed by atoms with Gasteiger partial charge in [0.1, 0.15) is 11.2 Å². The zero-order valence-electron chi connectivity index (χ0n) is 13.0. The fourth-order valence-electron chi connectivity index (χ4n) is 3.18. The number of benzene rings is 3. The van der Waals surface area contributed by atoms with Gasteiger partial charge in [0, 0.05) is 17.9 Å². The molecule has 4 rings (SSSR count). The van der Waals surface area contributed by atoms with E-state index in [4.69, 9.17) is 0 Å². The predicted octanol–water partition coefficient (Wildman–Crippen LogP) is 4.87. The van der Waals surface area contributed by atoms with Crippen molar-refractivity contribution in [3.63, 3.8) is 0 Å². The lowest BCUT2D eigenvalue weighted by molar-refractivity contribution is 0.0762. The Morgan fingerprint density at radius 3 is 2.71 bits per heavy atom. The lowest BCUT2D eigenvalue weighted by Crippen LogP contribution is -2.30. The number of amides is 1. The second-order valence-corrected chi connectivity index (χ2v) is 6.99. The molecule has 1 aliphatic heterocycles. The summed E-state index contributed by atoms with van der Waals surface area (Å²) in [5.41, 5.74) is 1.54. The monoisotopic (exact) mass is 337 g/mol. The Labute approximate surface area is 144 Å². The van der Waals surface area contributed by atoms with Gasteiger partial charge in [0.2, 0.25) is 0 Å². The molecule has 120 valence electrons. The van der Waals surface area contributed by atoms with Crippen LogP contribution < -0.4 is 0 Å². The summed E-state index contributed by atoms with van der Waals surface area (Å²) in [7, 11) is 0. The van der Waals surface area contributed by atoms with Crippen molar-refractivity contribution in [1.29, 1.82) is 0 Å². The van der Waals surface area contributed by atoms with Crippen LogP contribution in [0.2, 0.25) is 0 Å². The summed E-state index contributed by atoms with van der Waals surface area (Å²) >= 11 is 1.68. The SMILES string of the molecule is O=C(c1cccc2ccccc12)N1CCS[C@@H]1c1cccc(F)c1. The van der Waals surface area contributed by atoms with Gasteiger partial charge in [-0.3, -0.25) is 4.79 Å². The van der Waals surface area contributed by atoms with Gasteiger partial charge in [0.15, 0.2) is 0 Å². The van der Waals surface area contributed by atoms with Crippen molar-refractivity contribution in [3.05, 3.63) is 83.7 Å². The van der Waals surface area contributed by atoms with Crippen LogP contribution in [0.25, 0.3) is 10.8 Å². The average molecular weight is 337 g/mol. The van der Waals surface area contributed by atoms with E-state index in [-0.39, 0.29) is 17.1 Å². The van der Waals surface area contributed by atoms with Gasteiger partial charge >= 0.3 is 0 Å². The van der Waals surface area contributed by atoms with Crippen LogP contribution in [0.15, 0.2) is 66.7 Å². The first-order valence-electron chi connectivity index (χ1n) is 7.90. The topological polar surface area (TPSA) is 20.3 Å². The molecular formula is C20H16FNOS. The van der Waals surface area contributed by atoms with Crippen molar-refractivity contribution in [3.8, 4) is 0 Å². The Morgan fingerprint density at radius 1 is 1.04 bits per heavy atom. The Morgan fingerprint density at radius 2 is 1.83 bits per heavy atom. The van der Waals surface area contributed by atoms with E-state index in [9.17, 15) is 9.18 Å². The molecule has 0 aliphatic carbocycles. The fourth-order valence-corrected chi connectivity index (χ4v) is 4.43. The third kappa shape index (κ3) is 2.67. The van der Waals surface area contributed by atoms with E-state index in [1.807, 2.05) is 53.4 Å². The van der Waals surface area contributed by atoms with Crippen molar-refractivity contribution in [2.75, 3.05) is 12.3 Å². The molecule has 0 radical (unpaired) electrons. The number of fused-ring (bicyclic) bond motifs is 1. The van der Waals surface area contributed by atoms with Crippen LogP contribution >= 0.6 is 11.8 Å². The van der Waals surface area contributed by atoms with Crippen molar-refractivity contribution in [2.45, 2.75) is 5.37 Å². The second-order valence-electron chi connectivity index (χ2n) is 5.80. The van der Waals surface area contributed by atoms with E-state index in [2.05, 4.69) is 0 Å². The second kappa shape index (κ2) is 6.29. The normalized spacial score (nSPS) is 17.4. The van der Waals surface area contributed by atoms with E-state index < -0.39 is 0 Å². The molecule has 24 heavy (non-hydrogen) atoms. The molecule has 1 aliphatic rings. The maximum atomic E-state index is 13.6. The average Bonchev–Trinajstić information content (AvgIpc) is 3.10. The van der Waals surface area contributed by atoms with E-state index >= 15 is 0 Å². The Kier molecular flexibility index (Phi) is 3.98. The summed E-state index contributed by atoms with van der Waals surface area (Å²) in [6.45, 7) is 0.675. The number of carbonyl (C=O) groups excluding carboxylic acids is 1. The number of nitrogens with zero attached hydrogens (tertiary/aromatic N) is 1. The summed E-state index contributed by atoms with van der Waals surface area (Å²) in [5.74, 6) is 0.598. The third-order valence-corrected chi connectivity index (χ3v) is 5.57. The van der Waals surface area contributed by atoms with Gasteiger partial charge in [0.25, 0.3) is 5.91 Å². The smallest absolute Gasteiger partial charge is 0.255 e. The molecule has 0 aromatic heterocycles. The standard InChI is InChI=1S/C20H16FNOS/c21-16-8-3-7-15(13-16)20-22(11-12-24-20)19(23)18-10-4-6-14-5-1-2-9-17(14)18/h1-10,13,20H,11-12H2/t20-/m1/s1. The van der Waals surface area contributed by atoms with Gasteiger partial charge in [-0.15, -0.1) is 11.8 Å². The highest BCUT2D eigenvalue weighted by Gasteiger charge is 2.32. The number of thioether (sulfide) groups is 1. The first-order valence-corrected chi connectivity index (χ1v) is 8.95. The van der Waals surface area contributed by atoms with E-state index in [0.29, 0.717) is 12.1 Å². The van der Waals surface area contributed by atoms with Crippen LogP contribution in [0, 0.1) is 5.82 Å². The molecule has 1 atom stereocenters. The Balaban J connectivity index is 1.73. The van der Waals surface area contributed by atoms with E-state index in [1.165, 1.54) is 12.1 Å². The molecule has 0 bridgehead atoms. The predicted molar refractivity (Wildman–Crippen MR) is 96.6 cm³/mol. The summed E-state index contributed by atoms with van der Waals surface area (Å²) in [6, 6.07) is 20.2. The van der Waals surface area contributed by atoms with Gasteiger partial charge in [-0.2, -0.15) is 0 Å². The van der Waals surface area contributed by atoms with E-state index in [0.717, 1.165) is 22.1 Å². The van der Waals surface area contributed by atoms with Crippen LogP contribution in [0.4, 0.5) is 4.39 Å². The third-order valence-electron chi connectivity index (χ3n) is 4.31. The highest BCUT2D eigenvalue weighted by atomic mass is 32.2. The van der Waals surface area contributed by atoms with Gasteiger partial charge in [-0.05, 0) is 34.5 Å². The van der Waals surface area contributed by atoms with Crippen LogP contribution in [-0.2, 0) is 0 Å². The maximum Gasteiger partial charge on any atom is 0.255 e. The summed E-state index contributed by atoms with van der Waals surface area (Å²) in [6.07, 6.45) is 0. The molecule has 1 saturated heterocycles. The summed E-state index contributed by atoms with van der Waals surface area (Å²) in [5, 5.41) is 1.88. The molecule has 0 N–H and O–H groups in total. The van der Waals surface area contributed by atoms with Crippen LogP contribution in [0.3, 0.4) is 0 Å². The molecule has 0 spiro atoms. The molecule has 3 aromatic rings. The van der Waals surface area contributed by atoms with Crippen molar-refractivity contribution >= 4 is 28.4 Å². The van der Waals surface area contributed by atoms with Gasteiger partial charge in [-0.25, -0.2) is 4.39 Å². The molecule has 3 aromatic carbocycles. The number of hydrogen-bond donors (Lipinski definition) is 0. The van der Waals surface area contributed by atoms with Crippen molar-refractivity contribution in [1.82, 2.24) is 4.90 Å². The number of carbonyl (C=O) groups is 1. The van der Waals surface area contributed by atoms with Gasteiger partial charge < -0.3 is 4.90 Å². The van der Waals surface area contributed by atoms with Crippen molar-refractivity contribution < 1.29 is 9.18 Å². The van der Waals surface area contributed by atoms with Crippen LogP contribution in [0.1, 0.15) is 21.3 Å². The Hall–Kier alpha value is -2.33. The summed E-state index contributed by atoms with van der Waals surface area (Å²) in [4.78, 5) is 15.0. The molecule has 0 saturated carbocycles. The molecule has 4 heteroatoms. The van der Waals surface area contributed by atoms with Crippen molar-refractivity contribution in [2.24, 2.45) is 0 Å². The quantitative estimate of drug-likeness (QED) is 0.665. The molecule has 1 amide bonds. The maximum absolute atomic E-state index is 13.6. The highest BCUT2D eigenvalue weighted by Crippen LogP contribution is 2.39. The van der Waals surface area contributed by atoms with Gasteiger partial charge in [-0.1, -0.05) is 48.5 Å². The first-order chi connectivity index (χ1) is 11.7. The fraction of sp³-hybridized carbons (Fsp3) is 0.150. The number of rotatable bonds is 2. The molecular weight excluding hydrogens is 321 g/mol. The minimum atomic E-state index is -0.266. The van der Waals surface area contributed by atoms with Gasteiger partial charge in [0.05, 0.1) is 0 Å². The number of halogens is 1. The minimum Gasteiger partial charge on any atom is -0.322 e. The van der Waals surface area contributed by atoms with Crippen LogP contribution in [0.5, 0.6) is 0 Å². The lowest BCUT2D eigenvalue weighted by atomic mass is 10.0.